The summed E-state index contributed by atoms with van der Waals surface area (Å²) in [6, 6.07) is 3.53. The van der Waals surface area contributed by atoms with E-state index in [2.05, 4.69) is 4.90 Å². The van der Waals surface area contributed by atoms with Crippen molar-refractivity contribution in [2.75, 3.05) is 53.6 Å². The van der Waals surface area contributed by atoms with E-state index < -0.39 is 0 Å². The van der Waals surface area contributed by atoms with Crippen molar-refractivity contribution in [3.63, 3.8) is 0 Å². The smallest absolute Gasteiger partial charge is 0.266 e. The molecule has 2 aliphatic heterocycles. The molecule has 6 nitrogen and oxygen atoms in total. The van der Waals surface area contributed by atoms with E-state index in [4.69, 9.17) is 38.0 Å². The van der Waals surface area contributed by atoms with Crippen LogP contribution >= 0.6 is 35.6 Å². The molecule has 0 aliphatic carbocycles. The van der Waals surface area contributed by atoms with E-state index in [9.17, 15) is 4.79 Å². The molecule has 0 radical (unpaired) electrons. The Kier molecular flexibility index (Phi) is 7.59. The lowest BCUT2D eigenvalue weighted by molar-refractivity contribution is -0.122. The predicted octanol–water partition coefficient (Wildman–Crippen LogP) is 3.28. The zero-order valence-corrected chi connectivity index (χ0v) is 18.3. The van der Waals surface area contributed by atoms with Crippen LogP contribution < -0.4 is 9.47 Å². The van der Waals surface area contributed by atoms with E-state index in [0.717, 1.165) is 44.8 Å². The Balaban J connectivity index is 1.66. The topological polar surface area (TPSA) is 51.2 Å². The maximum atomic E-state index is 12.8. The molecule has 0 saturated carbocycles. The standard InChI is InChI=1S/C19H23ClN2O4S2/c1-24-15-11-13(10-14(20)17(15)25-2)12-16-18(23)22(19(27)28-16)5-3-4-21-6-8-26-9-7-21/h10-12H,3-9H2,1-2H3/b16-12-. The van der Waals surface area contributed by atoms with Gasteiger partial charge in [0.15, 0.2) is 11.5 Å². The number of hydrogen-bond acceptors (Lipinski definition) is 7. The molecule has 1 aromatic rings. The fourth-order valence-corrected chi connectivity index (χ4v) is 4.75. The Morgan fingerprint density at radius 1 is 1.25 bits per heavy atom. The van der Waals surface area contributed by atoms with Crippen LogP contribution in [-0.2, 0) is 9.53 Å². The highest BCUT2D eigenvalue weighted by Crippen LogP contribution is 2.38. The fraction of sp³-hybridized carbons (Fsp3) is 0.474. The van der Waals surface area contributed by atoms with E-state index in [1.807, 2.05) is 0 Å². The van der Waals surface area contributed by atoms with Crippen molar-refractivity contribution in [1.29, 1.82) is 0 Å². The number of nitrogens with zero attached hydrogens (tertiary/aromatic N) is 2. The van der Waals surface area contributed by atoms with Crippen molar-refractivity contribution >= 4 is 51.9 Å². The molecular formula is C19H23ClN2O4S2. The molecule has 152 valence electrons. The number of carbonyl (C=O) groups is 1. The number of benzene rings is 1. The Morgan fingerprint density at radius 2 is 2.00 bits per heavy atom. The summed E-state index contributed by atoms with van der Waals surface area (Å²) in [5.74, 6) is 0.919. The second kappa shape index (κ2) is 9.93. The van der Waals surface area contributed by atoms with Gasteiger partial charge in [0, 0.05) is 26.2 Å². The van der Waals surface area contributed by atoms with E-state index in [1.165, 1.54) is 18.9 Å². The van der Waals surface area contributed by atoms with Crippen LogP contribution in [0.4, 0.5) is 0 Å². The molecule has 2 fully saturated rings. The molecule has 1 amide bonds. The fourth-order valence-electron chi connectivity index (χ4n) is 3.14. The highest BCUT2D eigenvalue weighted by atomic mass is 35.5. The molecule has 28 heavy (non-hydrogen) atoms. The number of rotatable bonds is 7. The zero-order valence-electron chi connectivity index (χ0n) is 15.9. The number of hydrogen-bond donors (Lipinski definition) is 0. The summed E-state index contributed by atoms with van der Waals surface area (Å²) in [6.45, 7) is 4.99. The third kappa shape index (κ3) is 4.99. The van der Waals surface area contributed by atoms with Gasteiger partial charge in [-0.15, -0.1) is 0 Å². The van der Waals surface area contributed by atoms with Crippen molar-refractivity contribution in [2.24, 2.45) is 0 Å². The molecular weight excluding hydrogens is 420 g/mol. The van der Waals surface area contributed by atoms with Crippen LogP contribution in [0.15, 0.2) is 17.0 Å². The van der Waals surface area contributed by atoms with Gasteiger partial charge in [0.05, 0.1) is 37.4 Å². The summed E-state index contributed by atoms with van der Waals surface area (Å²) in [6.07, 6.45) is 2.66. The number of ether oxygens (including phenoxy) is 3. The van der Waals surface area contributed by atoms with Crippen LogP contribution in [0.3, 0.4) is 0 Å². The summed E-state index contributed by atoms with van der Waals surface area (Å²) >= 11 is 13.0. The lowest BCUT2D eigenvalue weighted by Crippen LogP contribution is -2.38. The Morgan fingerprint density at radius 3 is 2.68 bits per heavy atom. The molecule has 0 N–H and O–H groups in total. The third-order valence-electron chi connectivity index (χ3n) is 4.59. The van der Waals surface area contributed by atoms with E-state index in [-0.39, 0.29) is 5.91 Å². The van der Waals surface area contributed by atoms with E-state index in [1.54, 1.807) is 30.2 Å². The maximum Gasteiger partial charge on any atom is 0.266 e. The van der Waals surface area contributed by atoms with Gasteiger partial charge in [-0.2, -0.15) is 0 Å². The average Bonchev–Trinajstić information content (AvgIpc) is 2.95. The van der Waals surface area contributed by atoms with E-state index >= 15 is 0 Å². The molecule has 2 saturated heterocycles. The minimum atomic E-state index is -0.0668. The number of halogens is 1. The van der Waals surface area contributed by atoms with Gasteiger partial charge in [-0.3, -0.25) is 14.6 Å². The van der Waals surface area contributed by atoms with Gasteiger partial charge in [-0.25, -0.2) is 0 Å². The van der Waals surface area contributed by atoms with Crippen molar-refractivity contribution < 1.29 is 19.0 Å². The SMILES string of the molecule is COc1cc(/C=C2\SC(=S)N(CCCN3CCOCC3)C2=O)cc(Cl)c1OC. The van der Waals surface area contributed by atoms with Gasteiger partial charge in [0.25, 0.3) is 5.91 Å². The number of carbonyl (C=O) groups excluding carboxylic acids is 1. The summed E-state index contributed by atoms with van der Waals surface area (Å²) in [7, 11) is 3.08. The number of amides is 1. The van der Waals surface area contributed by atoms with Crippen LogP contribution in [0.2, 0.25) is 5.02 Å². The van der Waals surface area contributed by atoms with Crippen LogP contribution in [0.5, 0.6) is 11.5 Å². The van der Waals surface area contributed by atoms with Gasteiger partial charge in [-0.1, -0.05) is 35.6 Å². The van der Waals surface area contributed by atoms with Crippen LogP contribution in [0.25, 0.3) is 6.08 Å². The van der Waals surface area contributed by atoms with Gasteiger partial charge in [0.1, 0.15) is 4.32 Å². The highest BCUT2D eigenvalue weighted by molar-refractivity contribution is 8.26. The van der Waals surface area contributed by atoms with Crippen molar-refractivity contribution in [3.8, 4) is 11.5 Å². The monoisotopic (exact) mass is 442 g/mol. The molecule has 9 heteroatoms. The lowest BCUT2D eigenvalue weighted by Gasteiger charge is -2.27. The van der Waals surface area contributed by atoms with Crippen molar-refractivity contribution in [3.05, 3.63) is 27.6 Å². The quantitative estimate of drug-likeness (QED) is 0.474. The Bertz CT molecular complexity index is 781. The molecule has 1 aromatic carbocycles. The minimum absolute atomic E-state index is 0.0668. The zero-order chi connectivity index (χ0) is 20.1. The normalized spacial score (nSPS) is 19.5. The Hall–Kier alpha value is -1.32. The number of morpholine rings is 1. The molecule has 0 unspecified atom stereocenters. The summed E-state index contributed by atoms with van der Waals surface area (Å²) < 4.78 is 16.5. The molecule has 0 aromatic heterocycles. The van der Waals surface area contributed by atoms with Gasteiger partial charge in [0.2, 0.25) is 0 Å². The van der Waals surface area contributed by atoms with Crippen LogP contribution in [-0.4, -0.2) is 73.6 Å². The van der Waals surface area contributed by atoms with Crippen LogP contribution in [0, 0.1) is 0 Å². The maximum absolute atomic E-state index is 12.8. The minimum Gasteiger partial charge on any atom is -0.493 e. The predicted molar refractivity (Wildman–Crippen MR) is 116 cm³/mol. The first-order valence-corrected chi connectivity index (χ1v) is 10.6. The number of thiocarbonyl (C=S) groups is 1. The van der Waals surface area contributed by atoms with Crippen LogP contribution in [0.1, 0.15) is 12.0 Å². The highest BCUT2D eigenvalue weighted by Gasteiger charge is 2.31. The molecule has 0 atom stereocenters. The molecule has 2 heterocycles. The lowest BCUT2D eigenvalue weighted by atomic mass is 10.1. The first-order chi connectivity index (χ1) is 13.5. The number of thioether (sulfide) groups is 1. The summed E-state index contributed by atoms with van der Waals surface area (Å²) in [5.41, 5.74) is 0.761. The van der Waals surface area contributed by atoms with Gasteiger partial charge in [-0.05, 0) is 30.2 Å². The molecule has 3 rings (SSSR count). The van der Waals surface area contributed by atoms with Gasteiger partial charge >= 0.3 is 0 Å². The molecule has 0 spiro atoms. The summed E-state index contributed by atoms with van der Waals surface area (Å²) in [5, 5.41) is 0.425. The first-order valence-electron chi connectivity index (χ1n) is 9.00. The second-order valence-corrected chi connectivity index (χ2v) is 8.46. The van der Waals surface area contributed by atoms with Crippen molar-refractivity contribution in [1.82, 2.24) is 9.80 Å². The van der Waals surface area contributed by atoms with E-state index in [0.29, 0.717) is 32.3 Å². The summed E-state index contributed by atoms with van der Waals surface area (Å²) in [4.78, 5) is 17.4. The van der Waals surface area contributed by atoms with Crippen molar-refractivity contribution in [2.45, 2.75) is 6.42 Å². The van der Waals surface area contributed by atoms with Gasteiger partial charge < -0.3 is 14.2 Å². The largest absolute Gasteiger partial charge is 0.493 e. The molecule has 2 aliphatic rings. The third-order valence-corrected chi connectivity index (χ3v) is 6.25. The first kappa shape index (κ1) is 21.4. The number of methoxy groups -OCH3 is 2. The Labute approximate surface area is 179 Å². The second-order valence-electron chi connectivity index (χ2n) is 6.38. The average molecular weight is 443 g/mol. The molecule has 0 bridgehead atoms.